The number of carbonyl (C=O) groups excluding carboxylic acids is 3. The number of carbonyl (C=O) groups is 3. The van der Waals surface area contributed by atoms with Gasteiger partial charge in [-0.3, -0.25) is 14.4 Å². The lowest BCUT2D eigenvalue weighted by atomic mass is 9.85. The highest BCUT2D eigenvalue weighted by atomic mass is 16.3. The van der Waals surface area contributed by atoms with Crippen molar-refractivity contribution in [1.82, 2.24) is 10.6 Å². The van der Waals surface area contributed by atoms with Crippen molar-refractivity contribution in [3.8, 4) is 11.1 Å². The number of hydrogen-bond acceptors (Lipinski definition) is 4. The van der Waals surface area contributed by atoms with Gasteiger partial charge in [0, 0.05) is 12.6 Å². The Morgan fingerprint density at radius 1 is 0.970 bits per heavy atom. The zero-order valence-electron chi connectivity index (χ0n) is 19.1. The molecule has 1 aliphatic heterocycles. The Bertz CT molecular complexity index is 1050. The van der Waals surface area contributed by atoms with E-state index in [1.165, 1.54) is 0 Å². The van der Waals surface area contributed by atoms with Crippen LogP contribution in [0.3, 0.4) is 0 Å². The van der Waals surface area contributed by atoms with Crippen molar-refractivity contribution in [2.75, 3.05) is 11.9 Å². The summed E-state index contributed by atoms with van der Waals surface area (Å²) < 4.78 is 0. The van der Waals surface area contributed by atoms with Gasteiger partial charge in [0.1, 0.15) is 18.2 Å². The minimum absolute atomic E-state index is 0.0727. The van der Waals surface area contributed by atoms with Gasteiger partial charge in [-0.05, 0) is 42.9 Å². The Balaban J connectivity index is 1.51. The fourth-order valence-corrected chi connectivity index (χ4v) is 4.87. The van der Waals surface area contributed by atoms with Crippen LogP contribution in [0.1, 0.15) is 50.6 Å². The standard InChI is InChI=1S/C26H31N3O4/c1-16(27-25(32)23(30)17-10-4-3-5-11-17)24(31)28-22-20-14-7-6-12-18(20)19-13-8-9-15-21(19)29(2)26(22)33/h6-9,12-17,22-23,30H,3-5,10-11H2,1-2H3,(H,27,32)(H,28,31)/t16-,22-,23-/m0/s1. The number of aliphatic hydroxyl groups excluding tert-OH is 1. The Labute approximate surface area is 194 Å². The highest BCUT2D eigenvalue weighted by Gasteiger charge is 2.35. The van der Waals surface area contributed by atoms with Crippen LogP contribution in [-0.4, -0.2) is 42.0 Å². The number of fused-ring (bicyclic) bond motifs is 3. The van der Waals surface area contributed by atoms with Crippen molar-refractivity contribution in [3.05, 3.63) is 54.1 Å². The first kappa shape index (κ1) is 23.0. The number of rotatable bonds is 5. The lowest BCUT2D eigenvalue weighted by molar-refractivity contribution is -0.136. The van der Waals surface area contributed by atoms with Crippen LogP contribution in [0, 0.1) is 5.92 Å². The first-order chi connectivity index (χ1) is 15.9. The van der Waals surface area contributed by atoms with Gasteiger partial charge in [-0.2, -0.15) is 0 Å². The Morgan fingerprint density at radius 3 is 2.33 bits per heavy atom. The van der Waals surface area contributed by atoms with E-state index in [9.17, 15) is 19.5 Å². The number of para-hydroxylation sites is 1. The summed E-state index contributed by atoms with van der Waals surface area (Å²) in [6.07, 6.45) is 3.64. The fraction of sp³-hybridized carbons (Fsp3) is 0.423. The van der Waals surface area contributed by atoms with Crippen LogP contribution in [0.25, 0.3) is 11.1 Å². The van der Waals surface area contributed by atoms with Gasteiger partial charge in [0.15, 0.2) is 0 Å². The van der Waals surface area contributed by atoms with E-state index in [1.54, 1.807) is 18.9 Å². The van der Waals surface area contributed by atoms with Crippen molar-refractivity contribution in [2.45, 2.75) is 57.2 Å². The van der Waals surface area contributed by atoms with Crippen LogP contribution in [0.15, 0.2) is 48.5 Å². The van der Waals surface area contributed by atoms with E-state index < -0.39 is 30.0 Å². The smallest absolute Gasteiger partial charge is 0.253 e. The van der Waals surface area contributed by atoms with E-state index in [0.29, 0.717) is 5.56 Å². The molecule has 33 heavy (non-hydrogen) atoms. The van der Waals surface area contributed by atoms with Crippen molar-refractivity contribution in [1.29, 1.82) is 0 Å². The quantitative estimate of drug-likeness (QED) is 0.654. The molecule has 0 spiro atoms. The molecular weight excluding hydrogens is 418 g/mol. The largest absolute Gasteiger partial charge is 0.383 e. The fourth-order valence-electron chi connectivity index (χ4n) is 4.87. The van der Waals surface area contributed by atoms with E-state index in [4.69, 9.17) is 0 Å². The molecule has 2 aromatic carbocycles. The molecule has 7 heteroatoms. The minimum atomic E-state index is -1.12. The monoisotopic (exact) mass is 449 g/mol. The molecule has 1 fully saturated rings. The van der Waals surface area contributed by atoms with E-state index >= 15 is 0 Å². The van der Waals surface area contributed by atoms with Crippen LogP contribution in [-0.2, 0) is 14.4 Å². The molecule has 3 N–H and O–H groups in total. The summed E-state index contributed by atoms with van der Waals surface area (Å²) in [5.41, 5.74) is 3.26. The molecule has 1 saturated carbocycles. The molecule has 0 saturated heterocycles. The number of hydrogen-bond donors (Lipinski definition) is 3. The van der Waals surface area contributed by atoms with Gasteiger partial charge in [-0.15, -0.1) is 0 Å². The summed E-state index contributed by atoms with van der Waals surface area (Å²) in [6.45, 7) is 1.56. The third-order valence-corrected chi connectivity index (χ3v) is 6.81. The molecular formula is C26H31N3O4. The maximum Gasteiger partial charge on any atom is 0.253 e. The lowest BCUT2D eigenvalue weighted by Crippen LogP contribution is -2.52. The molecule has 0 radical (unpaired) electrons. The molecule has 174 valence electrons. The Kier molecular flexibility index (Phi) is 6.79. The number of likely N-dealkylation sites (N-methyl/N-ethyl adjacent to an activating group) is 1. The highest BCUT2D eigenvalue weighted by molar-refractivity contribution is 6.06. The van der Waals surface area contributed by atoms with Crippen LogP contribution in [0.2, 0.25) is 0 Å². The molecule has 2 aliphatic rings. The second kappa shape index (κ2) is 9.75. The van der Waals surface area contributed by atoms with Gasteiger partial charge >= 0.3 is 0 Å². The Hall–Kier alpha value is -3.19. The predicted octanol–water partition coefficient (Wildman–Crippen LogP) is 2.93. The highest BCUT2D eigenvalue weighted by Crippen LogP contribution is 2.39. The molecule has 3 atom stereocenters. The van der Waals surface area contributed by atoms with E-state index in [0.717, 1.165) is 48.9 Å². The van der Waals surface area contributed by atoms with Gasteiger partial charge in [-0.1, -0.05) is 61.7 Å². The van der Waals surface area contributed by atoms with Crippen molar-refractivity contribution in [2.24, 2.45) is 5.92 Å². The third kappa shape index (κ3) is 4.64. The zero-order chi connectivity index (χ0) is 23.5. The number of amides is 3. The number of nitrogens with zero attached hydrogens (tertiary/aromatic N) is 1. The van der Waals surface area contributed by atoms with Gasteiger partial charge in [-0.25, -0.2) is 0 Å². The van der Waals surface area contributed by atoms with Crippen molar-refractivity contribution >= 4 is 23.4 Å². The summed E-state index contributed by atoms with van der Waals surface area (Å²) in [4.78, 5) is 40.5. The maximum atomic E-state index is 13.3. The molecule has 1 heterocycles. The maximum absolute atomic E-state index is 13.3. The summed E-state index contributed by atoms with van der Waals surface area (Å²) in [6, 6.07) is 13.4. The molecule has 3 amide bonds. The minimum Gasteiger partial charge on any atom is -0.383 e. The first-order valence-corrected chi connectivity index (χ1v) is 11.6. The van der Waals surface area contributed by atoms with Gasteiger partial charge < -0.3 is 20.6 Å². The number of benzene rings is 2. The topological polar surface area (TPSA) is 98.7 Å². The lowest BCUT2D eigenvalue weighted by Gasteiger charge is -2.27. The average Bonchev–Trinajstić information content (AvgIpc) is 2.93. The molecule has 1 aliphatic carbocycles. The van der Waals surface area contributed by atoms with Crippen molar-refractivity contribution in [3.63, 3.8) is 0 Å². The normalized spacial score (nSPS) is 20.2. The molecule has 0 aromatic heterocycles. The predicted molar refractivity (Wildman–Crippen MR) is 126 cm³/mol. The van der Waals surface area contributed by atoms with E-state index in [1.807, 2.05) is 48.5 Å². The third-order valence-electron chi connectivity index (χ3n) is 6.81. The first-order valence-electron chi connectivity index (χ1n) is 11.6. The van der Waals surface area contributed by atoms with Crippen LogP contribution in [0.4, 0.5) is 5.69 Å². The summed E-state index contributed by atoms with van der Waals surface area (Å²) >= 11 is 0. The molecule has 4 rings (SSSR count). The molecule has 0 bridgehead atoms. The number of nitrogens with one attached hydrogen (secondary N) is 2. The van der Waals surface area contributed by atoms with Gasteiger partial charge in [0.25, 0.3) is 5.91 Å². The van der Waals surface area contributed by atoms with Crippen LogP contribution in [0.5, 0.6) is 0 Å². The second-order valence-corrected chi connectivity index (χ2v) is 9.02. The van der Waals surface area contributed by atoms with Crippen molar-refractivity contribution < 1.29 is 19.5 Å². The number of aliphatic hydroxyl groups is 1. The van der Waals surface area contributed by atoms with E-state index in [-0.39, 0.29) is 11.8 Å². The van der Waals surface area contributed by atoms with Gasteiger partial charge in [0.2, 0.25) is 11.8 Å². The van der Waals surface area contributed by atoms with Crippen LogP contribution >= 0.6 is 0 Å². The molecule has 0 unspecified atom stereocenters. The average molecular weight is 450 g/mol. The SMILES string of the molecule is C[C@H](NC(=O)[C@@H](O)C1CCCCC1)C(=O)N[C@@H]1C(=O)N(C)c2ccccc2-c2ccccc21. The second-order valence-electron chi connectivity index (χ2n) is 9.02. The summed E-state index contributed by atoms with van der Waals surface area (Å²) in [5, 5.41) is 15.9. The molecule has 7 nitrogen and oxygen atoms in total. The zero-order valence-corrected chi connectivity index (χ0v) is 19.1. The Morgan fingerprint density at radius 2 is 1.61 bits per heavy atom. The molecule has 2 aromatic rings. The number of anilines is 1. The van der Waals surface area contributed by atoms with E-state index in [2.05, 4.69) is 10.6 Å². The summed E-state index contributed by atoms with van der Waals surface area (Å²) in [7, 11) is 1.69. The van der Waals surface area contributed by atoms with Gasteiger partial charge in [0.05, 0.1) is 5.69 Å². The summed E-state index contributed by atoms with van der Waals surface area (Å²) in [5.74, 6) is -1.36. The van der Waals surface area contributed by atoms with Crippen LogP contribution < -0.4 is 15.5 Å².